The molecule has 3 N–H and O–H groups in total. The van der Waals surface area contributed by atoms with Gasteiger partial charge in [0.15, 0.2) is 0 Å². The van der Waals surface area contributed by atoms with Gasteiger partial charge in [-0.1, -0.05) is 13.0 Å². The van der Waals surface area contributed by atoms with Crippen molar-refractivity contribution in [1.29, 1.82) is 0 Å². The molecule has 0 saturated heterocycles. The van der Waals surface area contributed by atoms with Crippen LogP contribution in [-0.2, 0) is 12.1 Å². The number of nitrogens with two attached hydrogens (primary N) is 1. The molecule has 0 unspecified atom stereocenters. The van der Waals surface area contributed by atoms with Crippen LogP contribution in [0.5, 0.6) is 0 Å². The summed E-state index contributed by atoms with van der Waals surface area (Å²) in [5.41, 5.74) is 8.26. The molecule has 0 atom stereocenters. The van der Waals surface area contributed by atoms with Crippen LogP contribution < -0.4 is 11.1 Å². The van der Waals surface area contributed by atoms with E-state index in [1.54, 1.807) is 12.1 Å². The molecule has 1 aromatic heterocycles. The highest BCUT2D eigenvalue weighted by Gasteiger charge is 2.41. The fourth-order valence-corrected chi connectivity index (χ4v) is 5.11. The summed E-state index contributed by atoms with van der Waals surface area (Å²) in [6, 6.07) is 6.23. The van der Waals surface area contributed by atoms with Crippen molar-refractivity contribution in [2.75, 3.05) is 18.4 Å². The highest BCUT2D eigenvalue weighted by atomic mass is 19.3. The minimum atomic E-state index is -2.58. The number of alkyl halides is 2. The average molecular weight is 462 g/mol. The van der Waals surface area contributed by atoms with Crippen molar-refractivity contribution in [3.05, 3.63) is 47.7 Å². The summed E-state index contributed by atoms with van der Waals surface area (Å²) in [7, 11) is 0. The minimum Gasteiger partial charge on any atom is -0.367 e. The van der Waals surface area contributed by atoms with Crippen molar-refractivity contribution in [2.45, 2.75) is 76.9 Å². The third-order valence-corrected chi connectivity index (χ3v) is 6.91. The molecule has 1 aromatic carbocycles. The Morgan fingerprint density at radius 2 is 1.85 bits per heavy atom. The number of hydrogen-bond acceptors (Lipinski definition) is 4. The maximum absolute atomic E-state index is 13.7. The Hall–Kier alpha value is -2.48. The molecule has 2 heterocycles. The lowest BCUT2D eigenvalue weighted by atomic mass is 9.92. The van der Waals surface area contributed by atoms with E-state index in [1.165, 1.54) is 12.1 Å². The SMILES string of the molecule is CC/C=C(\CN)N1CCn2c(nc(-c3ccc(F)cc3)c2NC2CCC(F)(F)CC2)C1(C)C. The van der Waals surface area contributed by atoms with Crippen molar-refractivity contribution in [2.24, 2.45) is 5.73 Å². The molecule has 2 aromatic rings. The van der Waals surface area contributed by atoms with Gasteiger partial charge in [0.05, 0.1) is 5.54 Å². The van der Waals surface area contributed by atoms with E-state index in [1.807, 2.05) is 0 Å². The number of fused-ring (bicyclic) bond motifs is 1. The zero-order chi connectivity index (χ0) is 23.8. The third-order valence-electron chi connectivity index (χ3n) is 6.91. The lowest BCUT2D eigenvalue weighted by Crippen LogP contribution is -2.49. The van der Waals surface area contributed by atoms with Gasteiger partial charge in [-0.3, -0.25) is 0 Å². The number of hydrogen-bond donors (Lipinski definition) is 2. The van der Waals surface area contributed by atoms with E-state index in [0.717, 1.165) is 41.6 Å². The van der Waals surface area contributed by atoms with E-state index in [4.69, 9.17) is 10.7 Å². The second kappa shape index (κ2) is 9.05. The predicted octanol–water partition coefficient (Wildman–Crippen LogP) is 5.48. The average Bonchev–Trinajstić information content (AvgIpc) is 3.14. The number of nitrogens with zero attached hydrogens (tertiary/aromatic N) is 3. The Morgan fingerprint density at radius 1 is 1.18 bits per heavy atom. The molecular formula is C25H34F3N5. The van der Waals surface area contributed by atoms with Gasteiger partial charge in [0, 0.05) is 49.8 Å². The van der Waals surface area contributed by atoms with E-state index in [-0.39, 0.29) is 24.7 Å². The van der Waals surface area contributed by atoms with Crippen LogP contribution in [0, 0.1) is 5.82 Å². The van der Waals surface area contributed by atoms with Gasteiger partial charge in [-0.15, -0.1) is 0 Å². The maximum Gasteiger partial charge on any atom is 0.248 e. The lowest BCUT2D eigenvalue weighted by molar-refractivity contribution is -0.0361. The summed E-state index contributed by atoms with van der Waals surface area (Å²) in [5.74, 6) is -1.18. The van der Waals surface area contributed by atoms with E-state index >= 15 is 0 Å². The van der Waals surface area contributed by atoms with Gasteiger partial charge in [-0.2, -0.15) is 0 Å². The van der Waals surface area contributed by atoms with Gasteiger partial charge in [0.25, 0.3) is 0 Å². The third kappa shape index (κ3) is 4.63. The first-order valence-corrected chi connectivity index (χ1v) is 11.8. The topological polar surface area (TPSA) is 59.1 Å². The number of benzene rings is 1. The van der Waals surface area contributed by atoms with Gasteiger partial charge in [-0.25, -0.2) is 18.2 Å². The van der Waals surface area contributed by atoms with E-state index < -0.39 is 11.5 Å². The molecular weight excluding hydrogens is 427 g/mol. The monoisotopic (exact) mass is 461 g/mol. The van der Waals surface area contributed by atoms with Crippen LogP contribution in [0.2, 0.25) is 0 Å². The lowest BCUT2D eigenvalue weighted by Gasteiger charge is -2.45. The summed E-state index contributed by atoms with van der Waals surface area (Å²) < 4.78 is 43.2. The molecule has 180 valence electrons. The molecule has 0 bridgehead atoms. The van der Waals surface area contributed by atoms with E-state index in [2.05, 4.69) is 41.6 Å². The summed E-state index contributed by atoms with van der Waals surface area (Å²) >= 11 is 0. The van der Waals surface area contributed by atoms with Crippen molar-refractivity contribution in [3.63, 3.8) is 0 Å². The summed E-state index contributed by atoms with van der Waals surface area (Å²) in [6.07, 6.45) is 3.64. The molecule has 4 rings (SSSR count). The maximum atomic E-state index is 13.7. The number of halogens is 3. The zero-order valence-corrected chi connectivity index (χ0v) is 19.7. The molecule has 1 fully saturated rings. The number of nitrogens with one attached hydrogen (secondary N) is 1. The predicted molar refractivity (Wildman–Crippen MR) is 126 cm³/mol. The molecule has 1 aliphatic carbocycles. The number of anilines is 1. The largest absolute Gasteiger partial charge is 0.367 e. The molecule has 1 saturated carbocycles. The molecule has 5 nitrogen and oxygen atoms in total. The molecule has 0 spiro atoms. The van der Waals surface area contributed by atoms with Crippen molar-refractivity contribution >= 4 is 5.82 Å². The Bertz CT molecular complexity index is 1000. The highest BCUT2D eigenvalue weighted by molar-refractivity contribution is 5.73. The minimum absolute atomic E-state index is 0.0506. The number of aromatic nitrogens is 2. The first kappa shape index (κ1) is 23.7. The molecule has 8 heteroatoms. The second-order valence-electron chi connectivity index (χ2n) is 9.58. The Balaban J connectivity index is 1.75. The van der Waals surface area contributed by atoms with Crippen molar-refractivity contribution < 1.29 is 13.2 Å². The van der Waals surface area contributed by atoms with Crippen molar-refractivity contribution in [3.8, 4) is 11.3 Å². The van der Waals surface area contributed by atoms with Crippen molar-refractivity contribution in [1.82, 2.24) is 14.5 Å². The van der Waals surface area contributed by atoms with E-state index in [9.17, 15) is 13.2 Å². The highest BCUT2D eigenvalue weighted by Crippen LogP contribution is 2.41. The second-order valence-corrected chi connectivity index (χ2v) is 9.58. The molecule has 1 aliphatic heterocycles. The van der Waals surface area contributed by atoms with Crippen LogP contribution in [0.1, 0.15) is 58.7 Å². The standard InChI is InChI=1S/C25H34F3N5/c1-4-5-20(16-29)33-15-14-32-22(30-19-10-12-25(27,28)13-11-19)21(31-23(32)24(33,2)3)17-6-8-18(26)9-7-17/h5-9,19,30H,4,10-16,29H2,1-3H3/b20-5+. The van der Waals surface area contributed by atoms with Crippen LogP contribution in [0.4, 0.5) is 19.0 Å². The number of rotatable bonds is 6. The van der Waals surface area contributed by atoms with Crippen LogP contribution in [-0.4, -0.2) is 39.5 Å². The first-order chi connectivity index (χ1) is 15.7. The quantitative estimate of drug-likeness (QED) is 0.598. The fraction of sp³-hybridized carbons (Fsp3) is 0.560. The summed E-state index contributed by atoms with van der Waals surface area (Å²) in [5, 5.41) is 3.55. The Morgan fingerprint density at radius 3 is 2.45 bits per heavy atom. The smallest absolute Gasteiger partial charge is 0.248 e. The van der Waals surface area contributed by atoms with Crippen LogP contribution in [0.15, 0.2) is 36.0 Å². The fourth-order valence-electron chi connectivity index (χ4n) is 5.11. The zero-order valence-electron chi connectivity index (χ0n) is 19.7. The van der Waals surface area contributed by atoms with Crippen LogP contribution >= 0.6 is 0 Å². The van der Waals surface area contributed by atoms with Crippen LogP contribution in [0.25, 0.3) is 11.3 Å². The molecule has 33 heavy (non-hydrogen) atoms. The Kier molecular flexibility index (Phi) is 6.49. The molecule has 2 aliphatic rings. The van der Waals surface area contributed by atoms with Gasteiger partial charge in [0.1, 0.15) is 23.2 Å². The van der Waals surface area contributed by atoms with Gasteiger partial charge >= 0.3 is 0 Å². The molecule has 0 radical (unpaired) electrons. The molecule has 0 amide bonds. The van der Waals surface area contributed by atoms with Gasteiger partial charge in [-0.05, 0) is 57.4 Å². The van der Waals surface area contributed by atoms with Crippen LogP contribution in [0.3, 0.4) is 0 Å². The van der Waals surface area contributed by atoms with E-state index in [0.29, 0.717) is 25.9 Å². The number of imidazole rings is 1. The number of allylic oxidation sites excluding steroid dienone is 1. The first-order valence-electron chi connectivity index (χ1n) is 11.8. The van der Waals surface area contributed by atoms with Gasteiger partial charge in [0.2, 0.25) is 5.92 Å². The Labute approximate surface area is 193 Å². The normalized spacial score (nSPS) is 20.6. The summed E-state index contributed by atoms with van der Waals surface area (Å²) in [4.78, 5) is 7.35. The van der Waals surface area contributed by atoms with Gasteiger partial charge < -0.3 is 20.5 Å². The summed E-state index contributed by atoms with van der Waals surface area (Å²) in [6.45, 7) is 8.26.